The molecular weight excluding hydrogens is 327 g/mol. The Hall–Kier alpha value is -2.24. The second kappa shape index (κ2) is 5.51. The number of benzene rings is 2. The van der Waals surface area contributed by atoms with Gasteiger partial charge in [0.15, 0.2) is 0 Å². The zero-order valence-electron chi connectivity index (χ0n) is 11.4. The minimum Gasteiger partial charge on any atom is -0.497 e. The molecule has 0 aliphatic heterocycles. The van der Waals surface area contributed by atoms with Crippen molar-refractivity contribution in [2.75, 3.05) is 7.11 Å². The van der Waals surface area contributed by atoms with Gasteiger partial charge in [0, 0.05) is 11.1 Å². The Morgan fingerprint density at radius 3 is 2.64 bits per heavy atom. The van der Waals surface area contributed by atoms with Gasteiger partial charge >= 0.3 is 5.69 Å². The lowest BCUT2D eigenvalue weighted by atomic mass is 10.2. The van der Waals surface area contributed by atoms with Gasteiger partial charge in [0.2, 0.25) is 0 Å². The molecule has 112 valence electrons. The van der Waals surface area contributed by atoms with Crippen LogP contribution in [0.25, 0.3) is 16.6 Å². The largest absolute Gasteiger partial charge is 0.497 e. The summed E-state index contributed by atoms with van der Waals surface area (Å²) in [6, 6.07) is 9.58. The first kappa shape index (κ1) is 14.7. The van der Waals surface area contributed by atoms with Crippen molar-refractivity contribution in [2.45, 2.75) is 0 Å². The number of H-pyrrole nitrogens is 1. The molecule has 2 aromatic carbocycles. The molecule has 0 bridgehead atoms. The Labute approximate surface area is 134 Å². The Bertz CT molecular complexity index is 992. The van der Waals surface area contributed by atoms with Gasteiger partial charge in [-0.3, -0.25) is 4.79 Å². The molecule has 1 N–H and O–H groups in total. The Morgan fingerprint density at radius 2 is 1.91 bits per heavy atom. The fourth-order valence-corrected chi connectivity index (χ4v) is 2.82. The van der Waals surface area contributed by atoms with E-state index >= 15 is 0 Å². The summed E-state index contributed by atoms with van der Waals surface area (Å²) in [6.07, 6.45) is 0. The Kier molecular flexibility index (Phi) is 3.68. The first-order chi connectivity index (χ1) is 10.5. The lowest BCUT2D eigenvalue weighted by Gasteiger charge is -2.09. The smallest absolute Gasteiger partial charge is 0.333 e. The van der Waals surface area contributed by atoms with Gasteiger partial charge < -0.3 is 9.72 Å². The highest BCUT2D eigenvalue weighted by Gasteiger charge is 2.13. The van der Waals surface area contributed by atoms with Gasteiger partial charge in [0.1, 0.15) is 5.75 Å². The van der Waals surface area contributed by atoms with Crippen molar-refractivity contribution in [2.24, 2.45) is 0 Å². The number of rotatable bonds is 2. The highest BCUT2D eigenvalue weighted by atomic mass is 35.5. The van der Waals surface area contributed by atoms with E-state index < -0.39 is 11.2 Å². The van der Waals surface area contributed by atoms with E-state index in [0.717, 1.165) is 4.57 Å². The topological polar surface area (TPSA) is 64.1 Å². The molecule has 0 spiro atoms. The van der Waals surface area contributed by atoms with Gasteiger partial charge in [0.05, 0.1) is 28.7 Å². The second-order valence-electron chi connectivity index (χ2n) is 4.58. The van der Waals surface area contributed by atoms with E-state index in [-0.39, 0.29) is 10.4 Å². The van der Waals surface area contributed by atoms with Crippen LogP contribution in [0.5, 0.6) is 5.75 Å². The molecule has 0 aliphatic rings. The van der Waals surface area contributed by atoms with Crippen molar-refractivity contribution in [3.63, 3.8) is 0 Å². The van der Waals surface area contributed by atoms with Crippen molar-refractivity contribution in [3.05, 3.63) is 67.3 Å². The van der Waals surface area contributed by atoms with E-state index in [0.29, 0.717) is 22.0 Å². The summed E-state index contributed by atoms with van der Waals surface area (Å²) in [4.78, 5) is 27.5. The number of hydrogen-bond acceptors (Lipinski definition) is 3. The van der Waals surface area contributed by atoms with Crippen molar-refractivity contribution in [1.29, 1.82) is 0 Å². The molecule has 0 aliphatic carbocycles. The summed E-state index contributed by atoms with van der Waals surface area (Å²) in [5.74, 6) is 0.533. The predicted octanol–water partition coefficient (Wildman–Crippen LogP) is 2.99. The molecule has 1 heterocycles. The monoisotopic (exact) mass is 336 g/mol. The van der Waals surface area contributed by atoms with Crippen LogP contribution in [-0.2, 0) is 0 Å². The SMILES string of the molecule is COc1cccc(-n2c(=O)[nH]c3cc(Cl)cc(Cl)c3c2=O)c1. The highest BCUT2D eigenvalue weighted by molar-refractivity contribution is 6.38. The summed E-state index contributed by atoms with van der Waals surface area (Å²) in [5, 5.41) is 0.723. The zero-order chi connectivity index (χ0) is 15.9. The molecule has 3 aromatic rings. The number of halogens is 2. The first-order valence-electron chi connectivity index (χ1n) is 6.30. The molecule has 0 saturated heterocycles. The average Bonchev–Trinajstić information content (AvgIpc) is 2.46. The number of ether oxygens (including phenoxy) is 1. The molecule has 0 atom stereocenters. The first-order valence-corrected chi connectivity index (χ1v) is 7.05. The fourth-order valence-electron chi connectivity index (χ4n) is 2.25. The third-order valence-corrected chi connectivity index (χ3v) is 3.74. The molecule has 0 radical (unpaired) electrons. The van der Waals surface area contributed by atoms with Crippen LogP contribution in [0, 0.1) is 0 Å². The molecule has 7 heteroatoms. The van der Waals surface area contributed by atoms with Crippen LogP contribution in [0.2, 0.25) is 10.0 Å². The summed E-state index contributed by atoms with van der Waals surface area (Å²) < 4.78 is 6.12. The molecule has 0 saturated carbocycles. The van der Waals surface area contributed by atoms with Gasteiger partial charge in [-0.05, 0) is 24.3 Å². The molecule has 0 unspecified atom stereocenters. The number of nitrogens with zero attached hydrogens (tertiary/aromatic N) is 1. The van der Waals surface area contributed by atoms with Gasteiger partial charge in [-0.15, -0.1) is 0 Å². The minimum atomic E-state index is -0.580. The van der Waals surface area contributed by atoms with Crippen molar-refractivity contribution < 1.29 is 4.74 Å². The van der Waals surface area contributed by atoms with Gasteiger partial charge in [-0.1, -0.05) is 29.3 Å². The molecule has 22 heavy (non-hydrogen) atoms. The molecule has 3 rings (SSSR count). The number of nitrogens with one attached hydrogen (secondary N) is 1. The maximum absolute atomic E-state index is 12.7. The third-order valence-electron chi connectivity index (χ3n) is 3.23. The summed E-state index contributed by atoms with van der Waals surface area (Å²) >= 11 is 12.0. The quantitative estimate of drug-likeness (QED) is 0.782. The van der Waals surface area contributed by atoms with E-state index in [9.17, 15) is 9.59 Å². The highest BCUT2D eigenvalue weighted by Crippen LogP contribution is 2.24. The summed E-state index contributed by atoms with van der Waals surface area (Å²) in [6.45, 7) is 0. The lowest BCUT2D eigenvalue weighted by Crippen LogP contribution is -2.33. The molecule has 0 amide bonds. The zero-order valence-corrected chi connectivity index (χ0v) is 12.9. The van der Waals surface area contributed by atoms with Gasteiger partial charge in [0.25, 0.3) is 5.56 Å². The maximum Gasteiger partial charge on any atom is 0.333 e. The van der Waals surface area contributed by atoms with Gasteiger partial charge in [-0.2, -0.15) is 0 Å². The van der Waals surface area contributed by atoms with E-state index in [4.69, 9.17) is 27.9 Å². The van der Waals surface area contributed by atoms with Crippen molar-refractivity contribution >= 4 is 34.1 Å². The standard InChI is InChI=1S/C15H10Cl2N2O3/c1-22-10-4-2-3-9(7-10)19-14(20)13-11(17)5-8(16)6-12(13)18-15(19)21/h2-7H,1H3,(H,18,21). The lowest BCUT2D eigenvalue weighted by molar-refractivity contribution is 0.414. The van der Waals surface area contributed by atoms with Crippen LogP contribution < -0.4 is 16.0 Å². The van der Waals surface area contributed by atoms with Crippen molar-refractivity contribution in [3.8, 4) is 11.4 Å². The molecule has 0 fully saturated rings. The minimum absolute atomic E-state index is 0.181. The van der Waals surface area contributed by atoms with E-state index in [2.05, 4.69) is 4.98 Å². The van der Waals surface area contributed by atoms with E-state index in [1.165, 1.54) is 19.2 Å². The van der Waals surface area contributed by atoms with Gasteiger partial charge in [-0.25, -0.2) is 9.36 Å². The van der Waals surface area contributed by atoms with Crippen LogP contribution in [0.1, 0.15) is 0 Å². The Morgan fingerprint density at radius 1 is 1.14 bits per heavy atom. The van der Waals surface area contributed by atoms with E-state index in [1.807, 2.05) is 0 Å². The molecule has 5 nitrogen and oxygen atoms in total. The van der Waals surface area contributed by atoms with Crippen molar-refractivity contribution in [1.82, 2.24) is 9.55 Å². The summed E-state index contributed by atoms with van der Waals surface area (Å²) in [5.41, 5.74) is -0.414. The Balaban J connectivity index is 2.40. The normalized spacial score (nSPS) is 10.9. The fraction of sp³-hybridized carbons (Fsp3) is 0.0667. The van der Waals surface area contributed by atoms with E-state index in [1.54, 1.807) is 24.3 Å². The third kappa shape index (κ3) is 2.38. The van der Waals surface area contributed by atoms with Crippen LogP contribution in [0.3, 0.4) is 0 Å². The molecule has 1 aromatic heterocycles. The predicted molar refractivity (Wildman–Crippen MR) is 86.7 cm³/mol. The number of methoxy groups -OCH3 is 1. The summed E-state index contributed by atoms with van der Waals surface area (Å²) in [7, 11) is 1.51. The number of aromatic amines is 1. The average molecular weight is 337 g/mol. The van der Waals surface area contributed by atoms with Crippen LogP contribution in [0.4, 0.5) is 0 Å². The van der Waals surface area contributed by atoms with Crippen LogP contribution in [-0.4, -0.2) is 16.7 Å². The maximum atomic E-state index is 12.7. The number of aromatic nitrogens is 2. The number of hydrogen-bond donors (Lipinski definition) is 1. The molecular formula is C15H10Cl2N2O3. The van der Waals surface area contributed by atoms with Crippen LogP contribution in [0.15, 0.2) is 46.0 Å². The number of fused-ring (bicyclic) bond motifs is 1. The second-order valence-corrected chi connectivity index (χ2v) is 5.43. The van der Waals surface area contributed by atoms with Crippen LogP contribution >= 0.6 is 23.2 Å².